The minimum absolute atomic E-state index is 0.0697. The van der Waals surface area contributed by atoms with Gasteiger partial charge in [-0.25, -0.2) is 18.6 Å². The van der Waals surface area contributed by atoms with Crippen molar-refractivity contribution < 1.29 is 18.3 Å². The van der Waals surface area contributed by atoms with Gasteiger partial charge in [-0.1, -0.05) is 0 Å². The normalized spacial score (nSPS) is 22.7. The summed E-state index contributed by atoms with van der Waals surface area (Å²) < 4.78 is 33.1. The molecule has 1 aliphatic carbocycles. The minimum atomic E-state index is -0.605. The lowest BCUT2D eigenvalue weighted by atomic mass is 10.0. The van der Waals surface area contributed by atoms with Crippen molar-refractivity contribution in [2.75, 3.05) is 11.9 Å². The molecule has 2 aliphatic rings. The maximum Gasteiger partial charge on any atom is 0.320 e. The minimum Gasteiger partial charge on any atom is -0.490 e. The summed E-state index contributed by atoms with van der Waals surface area (Å²) in [4.78, 5) is 16.0. The summed E-state index contributed by atoms with van der Waals surface area (Å²) in [5.41, 5.74) is 0.559. The van der Waals surface area contributed by atoms with Gasteiger partial charge in [0, 0.05) is 29.6 Å². The van der Waals surface area contributed by atoms with E-state index in [0.29, 0.717) is 5.56 Å². The van der Waals surface area contributed by atoms with E-state index in [9.17, 15) is 13.6 Å². The summed E-state index contributed by atoms with van der Waals surface area (Å²) in [7, 11) is 0. The number of fused-ring (bicyclic) bond motifs is 3. The largest absolute Gasteiger partial charge is 0.490 e. The molecule has 0 saturated heterocycles. The molecule has 1 unspecified atom stereocenters. The molecule has 1 aromatic carbocycles. The number of rotatable bonds is 2. The molecule has 1 aromatic heterocycles. The molecule has 6 nitrogen and oxygen atoms in total. The van der Waals surface area contributed by atoms with Crippen molar-refractivity contribution >= 4 is 11.8 Å². The number of hydrogen-bond donors (Lipinski definition) is 2. The van der Waals surface area contributed by atoms with Crippen LogP contribution in [0.2, 0.25) is 0 Å². The number of pyridine rings is 1. The van der Waals surface area contributed by atoms with Crippen LogP contribution in [0.3, 0.4) is 0 Å². The van der Waals surface area contributed by atoms with Gasteiger partial charge in [0.05, 0.1) is 12.2 Å². The van der Waals surface area contributed by atoms with Crippen LogP contribution in [-0.4, -0.2) is 23.7 Å². The number of aromatic nitrogens is 1. The van der Waals surface area contributed by atoms with Crippen LogP contribution in [0.25, 0.3) is 0 Å². The molecule has 2 N–H and O–H groups in total. The first kappa shape index (κ1) is 15.3. The first-order valence-corrected chi connectivity index (χ1v) is 7.63. The molecule has 8 heteroatoms. The molecule has 1 saturated carbocycles. The summed E-state index contributed by atoms with van der Waals surface area (Å²) in [5, 5.41) is 14.0. The number of amides is 2. The zero-order valence-electron chi connectivity index (χ0n) is 12.8. The summed E-state index contributed by atoms with van der Waals surface area (Å²) in [6.45, 7) is 0.220. The second-order valence-corrected chi connectivity index (χ2v) is 5.94. The van der Waals surface area contributed by atoms with E-state index in [2.05, 4.69) is 15.6 Å². The predicted octanol–water partition coefficient (Wildman–Crippen LogP) is 2.53. The van der Waals surface area contributed by atoms with E-state index in [1.54, 1.807) is 0 Å². The lowest BCUT2D eigenvalue weighted by Crippen LogP contribution is -2.32. The molecule has 2 amide bonds. The molecule has 4 rings (SSSR count). The van der Waals surface area contributed by atoms with Crippen molar-refractivity contribution in [1.82, 2.24) is 10.3 Å². The lowest BCUT2D eigenvalue weighted by Gasteiger charge is -2.16. The number of ether oxygens (including phenoxy) is 1. The van der Waals surface area contributed by atoms with Gasteiger partial charge in [-0.15, -0.1) is 0 Å². The fourth-order valence-corrected chi connectivity index (χ4v) is 3.20. The van der Waals surface area contributed by atoms with Gasteiger partial charge >= 0.3 is 6.03 Å². The van der Waals surface area contributed by atoms with Crippen molar-refractivity contribution in [3.8, 4) is 11.8 Å². The topological polar surface area (TPSA) is 87.0 Å². The maximum atomic E-state index is 14.0. The Kier molecular flexibility index (Phi) is 3.50. The third kappa shape index (κ3) is 2.63. The molecule has 2 aromatic rings. The zero-order chi connectivity index (χ0) is 17.6. The summed E-state index contributed by atoms with van der Waals surface area (Å²) in [6, 6.07) is 6.22. The number of carbonyl (C=O) groups is 1. The Morgan fingerprint density at radius 2 is 2.08 bits per heavy atom. The number of halogens is 2. The van der Waals surface area contributed by atoms with E-state index in [-0.39, 0.29) is 41.6 Å². The summed E-state index contributed by atoms with van der Waals surface area (Å²) >= 11 is 0. The SMILES string of the molecule is N#Cc1ccc(NC(=O)NC2[C@H]3COc4c(F)ccc(F)c4[C@@H]23)nc1. The van der Waals surface area contributed by atoms with Gasteiger partial charge in [0.2, 0.25) is 0 Å². The second kappa shape index (κ2) is 5.70. The van der Waals surface area contributed by atoms with Crippen LogP contribution in [0.1, 0.15) is 17.0 Å². The van der Waals surface area contributed by atoms with E-state index in [4.69, 9.17) is 10.00 Å². The maximum absolute atomic E-state index is 14.0. The molecule has 1 fully saturated rings. The number of nitriles is 1. The van der Waals surface area contributed by atoms with Crippen molar-refractivity contribution in [3.63, 3.8) is 0 Å². The number of hydrogen-bond acceptors (Lipinski definition) is 4. The van der Waals surface area contributed by atoms with Crippen LogP contribution < -0.4 is 15.4 Å². The Morgan fingerprint density at radius 3 is 2.80 bits per heavy atom. The van der Waals surface area contributed by atoms with Crippen LogP contribution in [0.5, 0.6) is 5.75 Å². The van der Waals surface area contributed by atoms with Gasteiger partial charge in [-0.05, 0) is 24.3 Å². The fourth-order valence-electron chi connectivity index (χ4n) is 3.20. The number of benzene rings is 1. The van der Waals surface area contributed by atoms with Crippen LogP contribution in [0, 0.1) is 28.9 Å². The van der Waals surface area contributed by atoms with Crippen LogP contribution >= 0.6 is 0 Å². The Labute approximate surface area is 141 Å². The van der Waals surface area contributed by atoms with Gasteiger partial charge in [0.1, 0.15) is 17.7 Å². The van der Waals surface area contributed by atoms with Gasteiger partial charge in [-0.3, -0.25) is 5.32 Å². The molecular formula is C17H12F2N4O2. The van der Waals surface area contributed by atoms with E-state index >= 15 is 0 Å². The number of urea groups is 1. The highest BCUT2D eigenvalue weighted by atomic mass is 19.1. The van der Waals surface area contributed by atoms with Crippen LogP contribution in [-0.2, 0) is 0 Å². The highest BCUT2D eigenvalue weighted by Crippen LogP contribution is 2.55. The standard InChI is InChI=1S/C17H12F2N4O2/c18-10-2-3-11(19)16-14(10)13-9(7-25-16)15(13)23-17(24)22-12-4-1-8(5-20)6-21-12/h1-4,6,9,13,15H,7H2,(H2,21,22,23,24)/t9-,13-,15?/m0/s1. The fraction of sp³-hybridized carbons (Fsp3) is 0.235. The summed E-state index contributed by atoms with van der Waals surface area (Å²) in [6.07, 6.45) is 1.34. The van der Waals surface area contributed by atoms with Gasteiger partial charge in [0.25, 0.3) is 0 Å². The molecule has 0 radical (unpaired) electrons. The molecule has 126 valence electrons. The van der Waals surface area contributed by atoms with E-state index in [0.717, 1.165) is 12.1 Å². The average molecular weight is 342 g/mol. The van der Waals surface area contributed by atoms with Crippen LogP contribution in [0.4, 0.5) is 19.4 Å². The highest BCUT2D eigenvalue weighted by Gasteiger charge is 2.57. The Hall–Kier alpha value is -3.21. The molecule has 0 spiro atoms. The monoisotopic (exact) mass is 342 g/mol. The van der Waals surface area contributed by atoms with Gasteiger partial charge < -0.3 is 10.1 Å². The number of anilines is 1. The number of carbonyl (C=O) groups excluding carboxylic acids is 1. The van der Waals surface area contributed by atoms with E-state index < -0.39 is 17.7 Å². The van der Waals surface area contributed by atoms with Crippen molar-refractivity contribution in [1.29, 1.82) is 5.26 Å². The molecule has 1 aliphatic heterocycles. The lowest BCUT2D eigenvalue weighted by molar-refractivity contribution is 0.247. The number of nitrogens with zero attached hydrogens (tertiary/aromatic N) is 2. The Morgan fingerprint density at radius 1 is 1.28 bits per heavy atom. The second-order valence-electron chi connectivity index (χ2n) is 5.94. The molecule has 0 bridgehead atoms. The third-order valence-electron chi connectivity index (χ3n) is 4.45. The van der Waals surface area contributed by atoms with E-state index in [1.165, 1.54) is 18.3 Å². The third-order valence-corrected chi connectivity index (χ3v) is 4.45. The first-order chi connectivity index (χ1) is 12.1. The molecule has 2 heterocycles. The summed E-state index contributed by atoms with van der Waals surface area (Å²) in [5.74, 6) is -1.33. The van der Waals surface area contributed by atoms with Crippen molar-refractivity contribution in [3.05, 3.63) is 53.2 Å². The van der Waals surface area contributed by atoms with Gasteiger partial charge in [-0.2, -0.15) is 5.26 Å². The average Bonchev–Trinajstić information content (AvgIpc) is 3.31. The number of nitrogens with one attached hydrogen (secondary N) is 2. The zero-order valence-corrected chi connectivity index (χ0v) is 12.8. The Balaban J connectivity index is 1.45. The predicted molar refractivity (Wildman–Crippen MR) is 83.0 cm³/mol. The van der Waals surface area contributed by atoms with Crippen molar-refractivity contribution in [2.24, 2.45) is 5.92 Å². The smallest absolute Gasteiger partial charge is 0.320 e. The molecule has 25 heavy (non-hydrogen) atoms. The van der Waals surface area contributed by atoms with E-state index in [1.807, 2.05) is 6.07 Å². The molecular weight excluding hydrogens is 330 g/mol. The van der Waals surface area contributed by atoms with Crippen molar-refractivity contribution in [2.45, 2.75) is 12.0 Å². The first-order valence-electron chi connectivity index (χ1n) is 7.63. The quantitative estimate of drug-likeness (QED) is 0.878. The van der Waals surface area contributed by atoms with Gasteiger partial charge in [0.15, 0.2) is 11.6 Å². The Bertz CT molecular complexity index is 895. The molecule has 3 atom stereocenters. The van der Waals surface area contributed by atoms with Crippen LogP contribution in [0.15, 0.2) is 30.5 Å². The highest BCUT2D eigenvalue weighted by molar-refractivity contribution is 5.89.